The molecule has 0 radical (unpaired) electrons. The number of hydrogen-bond donors (Lipinski definition) is 1. The van der Waals surface area contributed by atoms with E-state index < -0.39 is 0 Å². The van der Waals surface area contributed by atoms with Crippen LogP contribution >= 0.6 is 0 Å². The van der Waals surface area contributed by atoms with Gasteiger partial charge in [-0.1, -0.05) is 62.4 Å². The molecule has 1 N–H and O–H groups in total. The van der Waals surface area contributed by atoms with Crippen molar-refractivity contribution in [1.82, 2.24) is 0 Å². The van der Waals surface area contributed by atoms with Gasteiger partial charge in [0.2, 0.25) is 0 Å². The lowest BCUT2D eigenvalue weighted by molar-refractivity contribution is 0.1000. The Morgan fingerprint density at radius 2 is 1.71 bits per heavy atom. The van der Waals surface area contributed by atoms with Crippen molar-refractivity contribution in [2.24, 2.45) is 0 Å². The molecule has 1 unspecified atom stereocenters. The summed E-state index contributed by atoms with van der Waals surface area (Å²) in [6, 6.07) is 17.0. The van der Waals surface area contributed by atoms with Crippen LogP contribution in [0.15, 0.2) is 48.5 Å². The number of aliphatic hydroxyl groups excluding tert-OH is 1. The summed E-state index contributed by atoms with van der Waals surface area (Å²) in [5, 5.41) is 10.7. The van der Waals surface area contributed by atoms with Crippen LogP contribution in [0.5, 0.6) is 0 Å². The van der Waals surface area contributed by atoms with Gasteiger partial charge in [-0.25, -0.2) is 0 Å². The summed E-state index contributed by atoms with van der Waals surface area (Å²) in [5.41, 5.74) is 5.19. The Kier molecular flexibility index (Phi) is 3.86. The molecule has 0 saturated heterocycles. The van der Waals surface area contributed by atoms with Crippen LogP contribution in [0, 0.1) is 0 Å². The largest absolute Gasteiger partial charge is 0.392 e. The quantitative estimate of drug-likeness (QED) is 0.895. The third-order valence-corrected chi connectivity index (χ3v) is 4.94. The van der Waals surface area contributed by atoms with Crippen molar-refractivity contribution in [2.45, 2.75) is 51.0 Å². The summed E-state index contributed by atoms with van der Waals surface area (Å²) >= 11 is 0. The van der Waals surface area contributed by atoms with Gasteiger partial charge in [0, 0.05) is 5.41 Å². The van der Waals surface area contributed by atoms with E-state index >= 15 is 0 Å². The van der Waals surface area contributed by atoms with Crippen LogP contribution < -0.4 is 0 Å². The van der Waals surface area contributed by atoms with Crippen LogP contribution in [0.4, 0.5) is 0 Å². The highest BCUT2D eigenvalue weighted by atomic mass is 16.3. The molecule has 0 aromatic heterocycles. The molecule has 21 heavy (non-hydrogen) atoms. The summed E-state index contributed by atoms with van der Waals surface area (Å²) in [7, 11) is 0. The van der Waals surface area contributed by atoms with E-state index in [2.05, 4.69) is 44.2 Å². The van der Waals surface area contributed by atoms with E-state index in [9.17, 15) is 5.11 Å². The van der Waals surface area contributed by atoms with Crippen molar-refractivity contribution in [1.29, 1.82) is 0 Å². The predicted molar refractivity (Wildman–Crippen MR) is 87.6 cm³/mol. The number of benzene rings is 2. The van der Waals surface area contributed by atoms with E-state index in [0.29, 0.717) is 0 Å². The van der Waals surface area contributed by atoms with Gasteiger partial charge in [0.25, 0.3) is 0 Å². The van der Waals surface area contributed by atoms with E-state index in [1.807, 2.05) is 18.2 Å². The Morgan fingerprint density at radius 1 is 1.00 bits per heavy atom. The molecule has 1 aliphatic rings. The van der Waals surface area contributed by atoms with Gasteiger partial charge in [-0.05, 0) is 47.9 Å². The fourth-order valence-corrected chi connectivity index (χ4v) is 3.29. The molecule has 0 heterocycles. The lowest BCUT2D eigenvalue weighted by Gasteiger charge is -2.31. The zero-order valence-electron chi connectivity index (χ0n) is 13.0. The van der Waals surface area contributed by atoms with Gasteiger partial charge >= 0.3 is 0 Å². The molecule has 0 fully saturated rings. The molecule has 0 amide bonds. The second kappa shape index (κ2) is 5.65. The molecule has 110 valence electrons. The Morgan fingerprint density at radius 3 is 2.48 bits per heavy atom. The number of aryl methyl sites for hydroxylation is 2. The maximum atomic E-state index is 10.7. The molecular formula is C20H24O. The predicted octanol–water partition coefficient (Wildman–Crippen LogP) is 4.06. The third-order valence-electron chi connectivity index (χ3n) is 4.94. The van der Waals surface area contributed by atoms with Crippen LogP contribution in [0.1, 0.15) is 42.5 Å². The van der Waals surface area contributed by atoms with Crippen molar-refractivity contribution < 1.29 is 5.11 Å². The minimum Gasteiger partial charge on any atom is -0.392 e. The topological polar surface area (TPSA) is 20.2 Å². The molecule has 0 spiro atoms. The molecule has 0 saturated carbocycles. The molecule has 0 aliphatic heterocycles. The van der Waals surface area contributed by atoms with Gasteiger partial charge < -0.3 is 5.11 Å². The molecule has 2 aromatic carbocycles. The highest BCUT2D eigenvalue weighted by Crippen LogP contribution is 2.30. The van der Waals surface area contributed by atoms with Crippen molar-refractivity contribution in [3.05, 3.63) is 70.8 Å². The minimum absolute atomic E-state index is 0.236. The maximum absolute atomic E-state index is 10.7. The van der Waals surface area contributed by atoms with Crippen LogP contribution in [0.3, 0.4) is 0 Å². The lowest BCUT2D eigenvalue weighted by atomic mass is 9.77. The lowest BCUT2D eigenvalue weighted by Crippen LogP contribution is -2.35. The maximum Gasteiger partial charge on any atom is 0.0671 e. The fourth-order valence-electron chi connectivity index (χ4n) is 3.29. The normalized spacial score (nSPS) is 15.8. The van der Waals surface area contributed by atoms with Crippen LogP contribution in [-0.2, 0) is 24.7 Å². The first-order valence-electron chi connectivity index (χ1n) is 7.91. The van der Waals surface area contributed by atoms with Crippen molar-refractivity contribution in [2.75, 3.05) is 0 Å². The minimum atomic E-state index is -0.376. The van der Waals surface area contributed by atoms with Crippen molar-refractivity contribution >= 4 is 0 Å². The summed E-state index contributed by atoms with van der Waals surface area (Å²) in [6.45, 7) is 4.25. The first kappa shape index (κ1) is 14.3. The molecule has 2 aromatic rings. The van der Waals surface area contributed by atoms with Gasteiger partial charge in [-0.3, -0.25) is 0 Å². The second-order valence-electron chi connectivity index (χ2n) is 6.76. The smallest absolute Gasteiger partial charge is 0.0671 e. The molecule has 3 rings (SSSR count). The SMILES string of the molecule is CC(C)(c1ccccc1)C(O)Cc1ccc2c(c1)CCC2. The molecule has 1 heteroatoms. The Balaban J connectivity index is 1.78. The van der Waals surface area contributed by atoms with Gasteiger partial charge in [-0.15, -0.1) is 0 Å². The fraction of sp³-hybridized carbons (Fsp3) is 0.400. The Hall–Kier alpha value is -1.60. The van der Waals surface area contributed by atoms with Crippen molar-refractivity contribution in [3.8, 4) is 0 Å². The third kappa shape index (κ3) is 2.89. The summed E-state index contributed by atoms with van der Waals surface area (Å²) in [5.74, 6) is 0. The monoisotopic (exact) mass is 280 g/mol. The number of fused-ring (bicyclic) bond motifs is 1. The average molecular weight is 280 g/mol. The molecule has 1 aliphatic carbocycles. The zero-order chi connectivity index (χ0) is 14.9. The molecule has 0 bridgehead atoms. The van der Waals surface area contributed by atoms with Crippen LogP contribution in [-0.4, -0.2) is 11.2 Å². The van der Waals surface area contributed by atoms with E-state index in [-0.39, 0.29) is 11.5 Å². The molecular weight excluding hydrogens is 256 g/mol. The van der Waals surface area contributed by atoms with E-state index in [1.54, 1.807) is 0 Å². The second-order valence-corrected chi connectivity index (χ2v) is 6.76. The Labute approximate surface area is 127 Å². The van der Waals surface area contributed by atoms with E-state index in [0.717, 1.165) is 6.42 Å². The molecule has 1 atom stereocenters. The summed E-state index contributed by atoms with van der Waals surface area (Å²) in [6.07, 6.45) is 4.03. The van der Waals surface area contributed by atoms with Crippen LogP contribution in [0.2, 0.25) is 0 Å². The van der Waals surface area contributed by atoms with Gasteiger partial charge in [-0.2, -0.15) is 0 Å². The summed E-state index contributed by atoms with van der Waals surface area (Å²) in [4.78, 5) is 0. The standard InChI is InChI=1S/C20H24O/c1-20(2,18-9-4-3-5-10-18)19(21)14-15-11-12-16-7-6-8-17(16)13-15/h3-5,9-13,19,21H,6-8,14H2,1-2H3. The Bertz CT molecular complexity index is 613. The van der Waals surface area contributed by atoms with Gasteiger partial charge in [0.05, 0.1) is 6.10 Å². The highest BCUT2D eigenvalue weighted by Gasteiger charge is 2.29. The average Bonchev–Trinajstić information content (AvgIpc) is 2.95. The first-order valence-corrected chi connectivity index (χ1v) is 7.91. The van der Waals surface area contributed by atoms with Gasteiger partial charge in [0.15, 0.2) is 0 Å². The van der Waals surface area contributed by atoms with E-state index in [1.165, 1.54) is 41.5 Å². The first-order chi connectivity index (χ1) is 10.1. The van der Waals surface area contributed by atoms with E-state index in [4.69, 9.17) is 0 Å². The van der Waals surface area contributed by atoms with Crippen LogP contribution in [0.25, 0.3) is 0 Å². The molecule has 1 nitrogen and oxygen atoms in total. The zero-order valence-corrected chi connectivity index (χ0v) is 13.0. The number of aliphatic hydroxyl groups is 1. The number of hydrogen-bond acceptors (Lipinski definition) is 1. The highest BCUT2D eigenvalue weighted by molar-refractivity contribution is 5.36. The van der Waals surface area contributed by atoms with Crippen molar-refractivity contribution in [3.63, 3.8) is 0 Å². The summed E-state index contributed by atoms with van der Waals surface area (Å²) < 4.78 is 0. The number of rotatable bonds is 4. The van der Waals surface area contributed by atoms with Gasteiger partial charge in [0.1, 0.15) is 0 Å².